The highest BCUT2D eigenvalue weighted by molar-refractivity contribution is 5.92. The fourth-order valence-electron chi connectivity index (χ4n) is 1.84. The number of aromatic nitrogens is 1. The van der Waals surface area contributed by atoms with E-state index in [1.807, 2.05) is 24.3 Å². The number of benzene rings is 1. The largest absolute Gasteiger partial charge is 0.497 e. The minimum Gasteiger partial charge on any atom is -0.497 e. The number of anilines is 1. The van der Waals surface area contributed by atoms with Crippen molar-refractivity contribution in [1.29, 1.82) is 0 Å². The molecule has 2 rings (SSSR count). The second-order valence-electron chi connectivity index (χ2n) is 4.10. The van der Waals surface area contributed by atoms with Crippen LogP contribution in [0.2, 0.25) is 0 Å². The van der Waals surface area contributed by atoms with Crippen molar-refractivity contribution in [3.63, 3.8) is 0 Å². The van der Waals surface area contributed by atoms with Gasteiger partial charge in [0.2, 0.25) is 5.91 Å². The third-order valence-electron chi connectivity index (χ3n) is 2.89. The van der Waals surface area contributed by atoms with Gasteiger partial charge in [-0.2, -0.15) is 0 Å². The highest BCUT2D eigenvalue weighted by Crippen LogP contribution is 2.25. The molecule has 19 heavy (non-hydrogen) atoms. The highest BCUT2D eigenvalue weighted by atomic mass is 16.5. The number of fused-ring (bicyclic) bond motifs is 1. The Labute approximate surface area is 112 Å². The molecule has 100 valence electrons. The van der Waals surface area contributed by atoms with E-state index in [1.165, 1.54) is 0 Å². The van der Waals surface area contributed by atoms with Crippen molar-refractivity contribution in [3.05, 3.63) is 30.5 Å². The molecule has 2 aromatic rings. The summed E-state index contributed by atoms with van der Waals surface area (Å²) in [6, 6.07) is 7.75. The Morgan fingerprint density at radius 2 is 2.21 bits per heavy atom. The van der Waals surface area contributed by atoms with Gasteiger partial charge in [-0.3, -0.25) is 4.79 Å². The highest BCUT2D eigenvalue weighted by Gasteiger charge is 2.04. The van der Waals surface area contributed by atoms with Gasteiger partial charge in [-0.15, -0.1) is 0 Å². The van der Waals surface area contributed by atoms with Crippen molar-refractivity contribution in [2.24, 2.45) is 0 Å². The van der Waals surface area contributed by atoms with E-state index in [1.54, 1.807) is 20.4 Å². The lowest BCUT2D eigenvalue weighted by atomic mass is 10.1. The Kier molecular flexibility index (Phi) is 4.18. The van der Waals surface area contributed by atoms with Gasteiger partial charge >= 0.3 is 0 Å². The van der Waals surface area contributed by atoms with E-state index in [2.05, 4.69) is 15.6 Å². The van der Waals surface area contributed by atoms with E-state index in [9.17, 15) is 4.79 Å². The van der Waals surface area contributed by atoms with E-state index in [0.29, 0.717) is 13.0 Å². The predicted molar refractivity (Wildman–Crippen MR) is 75.5 cm³/mol. The second-order valence-corrected chi connectivity index (χ2v) is 4.10. The number of ether oxygens (including phenoxy) is 1. The zero-order valence-electron chi connectivity index (χ0n) is 11.1. The molecule has 1 aromatic carbocycles. The molecule has 0 spiro atoms. The minimum absolute atomic E-state index is 0.00871. The van der Waals surface area contributed by atoms with Crippen LogP contribution in [0.4, 0.5) is 5.82 Å². The zero-order valence-corrected chi connectivity index (χ0v) is 11.1. The Balaban J connectivity index is 2.17. The van der Waals surface area contributed by atoms with E-state index in [-0.39, 0.29) is 5.91 Å². The summed E-state index contributed by atoms with van der Waals surface area (Å²) < 4.78 is 5.20. The van der Waals surface area contributed by atoms with Gasteiger partial charge in [-0.25, -0.2) is 4.98 Å². The molecule has 5 heteroatoms. The predicted octanol–water partition coefficient (Wildman–Crippen LogP) is 1.79. The van der Waals surface area contributed by atoms with Crippen LogP contribution in [0.25, 0.3) is 10.8 Å². The van der Waals surface area contributed by atoms with Crippen LogP contribution >= 0.6 is 0 Å². The maximum absolute atomic E-state index is 11.2. The van der Waals surface area contributed by atoms with Crippen LogP contribution in [0, 0.1) is 0 Å². The van der Waals surface area contributed by atoms with Crippen molar-refractivity contribution in [1.82, 2.24) is 10.3 Å². The van der Waals surface area contributed by atoms with Crippen LogP contribution in [0.3, 0.4) is 0 Å². The molecule has 0 aliphatic heterocycles. The van der Waals surface area contributed by atoms with E-state index in [4.69, 9.17) is 4.74 Å². The molecule has 0 fully saturated rings. The number of hydrogen-bond acceptors (Lipinski definition) is 4. The first-order chi connectivity index (χ1) is 9.24. The third-order valence-corrected chi connectivity index (χ3v) is 2.89. The summed E-state index contributed by atoms with van der Waals surface area (Å²) in [6.07, 6.45) is 2.16. The summed E-state index contributed by atoms with van der Waals surface area (Å²) in [5, 5.41) is 7.83. The molecule has 1 heterocycles. The van der Waals surface area contributed by atoms with Crippen molar-refractivity contribution in [3.8, 4) is 5.75 Å². The van der Waals surface area contributed by atoms with Gasteiger partial charge in [0.05, 0.1) is 7.11 Å². The summed E-state index contributed by atoms with van der Waals surface area (Å²) in [5.74, 6) is 1.61. The number of nitrogens with zero attached hydrogens (tertiary/aromatic N) is 1. The minimum atomic E-state index is 0.00871. The average molecular weight is 259 g/mol. The summed E-state index contributed by atoms with van der Waals surface area (Å²) in [5.41, 5.74) is 0. The third kappa shape index (κ3) is 3.13. The van der Waals surface area contributed by atoms with Crippen molar-refractivity contribution < 1.29 is 9.53 Å². The van der Waals surface area contributed by atoms with Crippen LogP contribution in [0.15, 0.2) is 30.5 Å². The monoisotopic (exact) mass is 259 g/mol. The fraction of sp³-hybridized carbons (Fsp3) is 0.286. The van der Waals surface area contributed by atoms with Crippen molar-refractivity contribution in [2.45, 2.75) is 6.42 Å². The van der Waals surface area contributed by atoms with Gasteiger partial charge in [0.1, 0.15) is 11.6 Å². The zero-order chi connectivity index (χ0) is 13.7. The Bertz CT molecular complexity index is 584. The van der Waals surface area contributed by atoms with E-state index in [0.717, 1.165) is 22.3 Å². The molecule has 0 saturated heterocycles. The normalized spacial score (nSPS) is 10.2. The van der Waals surface area contributed by atoms with Crippen LogP contribution in [-0.4, -0.2) is 31.6 Å². The topological polar surface area (TPSA) is 63.2 Å². The number of pyridine rings is 1. The second kappa shape index (κ2) is 6.04. The Morgan fingerprint density at radius 3 is 2.95 bits per heavy atom. The van der Waals surface area contributed by atoms with Crippen LogP contribution in [0.1, 0.15) is 6.42 Å². The van der Waals surface area contributed by atoms with Gasteiger partial charge in [-0.05, 0) is 29.7 Å². The molecule has 0 radical (unpaired) electrons. The molecular formula is C14H17N3O2. The molecular weight excluding hydrogens is 242 g/mol. The molecule has 0 atom stereocenters. The first-order valence-corrected chi connectivity index (χ1v) is 6.12. The number of nitrogens with one attached hydrogen (secondary N) is 2. The van der Waals surface area contributed by atoms with Crippen molar-refractivity contribution in [2.75, 3.05) is 26.0 Å². The molecule has 5 nitrogen and oxygen atoms in total. The fourth-order valence-corrected chi connectivity index (χ4v) is 1.84. The smallest absolute Gasteiger partial charge is 0.221 e. The number of carbonyl (C=O) groups is 1. The summed E-state index contributed by atoms with van der Waals surface area (Å²) in [4.78, 5) is 15.5. The van der Waals surface area contributed by atoms with Gasteiger partial charge in [0.15, 0.2) is 0 Å². The van der Waals surface area contributed by atoms with Crippen LogP contribution in [0.5, 0.6) is 5.75 Å². The Hall–Kier alpha value is -2.30. The van der Waals surface area contributed by atoms with Gasteiger partial charge in [0, 0.05) is 31.6 Å². The lowest BCUT2D eigenvalue weighted by Gasteiger charge is -2.09. The number of carbonyl (C=O) groups excluding carboxylic acids is 1. The Morgan fingerprint density at radius 1 is 1.37 bits per heavy atom. The molecule has 0 saturated carbocycles. The van der Waals surface area contributed by atoms with E-state index >= 15 is 0 Å². The summed E-state index contributed by atoms with van der Waals surface area (Å²) in [7, 11) is 3.27. The molecule has 0 unspecified atom stereocenters. The molecule has 1 aromatic heterocycles. The number of hydrogen-bond donors (Lipinski definition) is 2. The summed E-state index contributed by atoms with van der Waals surface area (Å²) >= 11 is 0. The quantitative estimate of drug-likeness (QED) is 0.859. The molecule has 0 bridgehead atoms. The number of rotatable bonds is 5. The maximum atomic E-state index is 11.2. The van der Waals surface area contributed by atoms with Crippen molar-refractivity contribution >= 4 is 22.5 Å². The van der Waals surface area contributed by atoms with Gasteiger partial charge < -0.3 is 15.4 Å². The molecule has 2 N–H and O–H groups in total. The van der Waals surface area contributed by atoms with Crippen LogP contribution < -0.4 is 15.4 Å². The molecule has 0 aliphatic carbocycles. The number of methoxy groups -OCH3 is 1. The SMILES string of the molecule is CNC(=O)CCNc1nccc2cc(OC)ccc12. The summed E-state index contributed by atoms with van der Waals surface area (Å²) in [6.45, 7) is 0.553. The average Bonchev–Trinajstić information content (AvgIpc) is 2.46. The van der Waals surface area contributed by atoms with Gasteiger partial charge in [0.25, 0.3) is 0 Å². The first-order valence-electron chi connectivity index (χ1n) is 6.12. The first kappa shape index (κ1) is 13.1. The maximum Gasteiger partial charge on any atom is 0.221 e. The van der Waals surface area contributed by atoms with E-state index < -0.39 is 0 Å². The molecule has 1 amide bonds. The lowest BCUT2D eigenvalue weighted by Crippen LogP contribution is -2.21. The number of amides is 1. The van der Waals surface area contributed by atoms with Gasteiger partial charge in [-0.1, -0.05) is 0 Å². The lowest BCUT2D eigenvalue weighted by molar-refractivity contribution is -0.120. The standard InChI is InChI=1S/C14H17N3O2/c1-15-13(18)6-8-17-14-12-4-3-11(19-2)9-10(12)5-7-16-14/h3-5,7,9H,6,8H2,1-2H3,(H,15,18)(H,16,17). The molecule has 0 aliphatic rings. The van der Waals surface area contributed by atoms with Crippen LogP contribution in [-0.2, 0) is 4.79 Å².